The SMILES string of the molecule is CCOC(=O)CSc1nc2cc(C(=O)Nc3cccc(Cl)c3)ccc2c(=O)n1-c1ccccc1. The maximum atomic E-state index is 13.4. The van der Waals surface area contributed by atoms with Crippen LogP contribution in [0.15, 0.2) is 82.7 Å². The molecule has 0 unspecified atom stereocenters. The fraction of sp³-hybridized carbons (Fsp3) is 0.120. The van der Waals surface area contributed by atoms with Crippen LogP contribution in [0.5, 0.6) is 0 Å². The zero-order valence-corrected chi connectivity index (χ0v) is 19.7. The highest BCUT2D eigenvalue weighted by molar-refractivity contribution is 7.99. The van der Waals surface area contributed by atoms with Crippen LogP contribution in [-0.4, -0.2) is 33.8 Å². The molecular formula is C25H20ClN3O4S. The van der Waals surface area contributed by atoms with E-state index in [9.17, 15) is 14.4 Å². The summed E-state index contributed by atoms with van der Waals surface area (Å²) in [5.41, 5.74) is 1.55. The second-order valence-corrected chi connectivity index (χ2v) is 8.54. The Morgan fingerprint density at radius 2 is 1.85 bits per heavy atom. The van der Waals surface area contributed by atoms with Crippen molar-refractivity contribution in [1.82, 2.24) is 9.55 Å². The Labute approximate surface area is 204 Å². The quantitative estimate of drug-likeness (QED) is 0.222. The van der Waals surface area contributed by atoms with Crippen LogP contribution in [0, 0.1) is 0 Å². The number of anilines is 1. The molecule has 1 N–H and O–H groups in total. The van der Waals surface area contributed by atoms with E-state index in [2.05, 4.69) is 10.3 Å². The number of carbonyl (C=O) groups is 2. The predicted molar refractivity (Wildman–Crippen MR) is 134 cm³/mol. The zero-order chi connectivity index (χ0) is 24.1. The fourth-order valence-electron chi connectivity index (χ4n) is 3.30. The lowest BCUT2D eigenvalue weighted by atomic mass is 10.1. The number of thioether (sulfide) groups is 1. The van der Waals surface area contributed by atoms with Gasteiger partial charge in [0.2, 0.25) is 0 Å². The topological polar surface area (TPSA) is 90.3 Å². The lowest BCUT2D eigenvalue weighted by molar-refractivity contribution is -0.139. The number of benzene rings is 3. The van der Waals surface area contributed by atoms with E-state index in [-0.39, 0.29) is 23.8 Å². The van der Waals surface area contributed by atoms with Gasteiger partial charge in [0, 0.05) is 16.3 Å². The molecule has 0 aliphatic heterocycles. The third kappa shape index (κ3) is 5.30. The number of carbonyl (C=O) groups excluding carboxylic acids is 2. The van der Waals surface area contributed by atoms with Gasteiger partial charge in [0.1, 0.15) is 0 Å². The summed E-state index contributed by atoms with van der Waals surface area (Å²) in [5.74, 6) is -0.775. The third-order valence-electron chi connectivity index (χ3n) is 4.82. The van der Waals surface area contributed by atoms with Crippen LogP contribution in [0.2, 0.25) is 5.02 Å². The van der Waals surface area contributed by atoms with Crippen LogP contribution in [0.4, 0.5) is 5.69 Å². The van der Waals surface area contributed by atoms with Crippen molar-refractivity contribution < 1.29 is 14.3 Å². The maximum Gasteiger partial charge on any atom is 0.316 e. The first-order chi connectivity index (χ1) is 16.5. The Morgan fingerprint density at radius 3 is 2.59 bits per heavy atom. The summed E-state index contributed by atoms with van der Waals surface area (Å²) >= 11 is 7.09. The first-order valence-electron chi connectivity index (χ1n) is 10.4. The molecule has 4 rings (SSSR count). The molecule has 0 saturated carbocycles. The van der Waals surface area contributed by atoms with Crippen molar-refractivity contribution in [2.75, 3.05) is 17.7 Å². The molecule has 9 heteroatoms. The van der Waals surface area contributed by atoms with Crippen LogP contribution in [-0.2, 0) is 9.53 Å². The molecule has 0 aliphatic carbocycles. The number of halogens is 1. The normalized spacial score (nSPS) is 10.8. The third-order valence-corrected chi connectivity index (χ3v) is 5.97. The monoisotopic (exact) mass is 493 g/mol. The highest BCUT2D eigenvalue weighted by Crippen LogP contribution is 2.23. The molecule has 1 aromatic heterocycles. The molecule has 0 atom stereocenters. The minimum absolute atomic E-state index is 0.00639. The Morgan fingerprint density at radius 1 is 1.06 bits per heavy atom. The first kappa shape index (κ1) is 23.5. The number of nitrogens with zero attached hydrogens (tertiary/aromatic N) is 2. The van der Waals surface area contributed by atoms with E-state index in [0.717, 1.165) is 11.8 Å². The van der Waals surface area contributed by atoms with Gasteiger partial charge < -0.3 is 10.1 Å². The largest absolute Gasteiger partial charge is 0.465 e. The molecule has 0 saturated heterocycles. The van der Waals surface area contributed by atoms with Crippen molar-refractivity contribution in [1.29, 1.82) is 0 Å². The standard InChI is InChI=1S/C25H20ClN3O4S/c1-2-33-22(30)15-34-25-28-21-13-16(23(31)27-18-8-6-7-17(26)14-18)11-12-20(21)24(32)29(25)19-9-4-3-5-10-19/h3-14H,2,15H2,1H3,(H,27,31). The van der Waals surface area contributed by atoms with Crippen LogP contribution in [0.25, 0.3) is 16.6 Å². The number of ether oxygens (including phenoxy) is 1. The lowest BCUT2D eigenvalue weighted by Gasteiger charge is -2.13. The summed E-state index contributed by atoms with van der Waals surface area (Å²) in [7, 11) is 0. The van der Waals surface area contributed by atoms with Crippen molar-refractivity contribution in [2.24, 2.45) is 0 Å². The van der Waals surface area contributed by atoms with Crippen LogP contribution >= 0.6 is 23.4 Å². The lowest BCUT2D eigenvalue weighted by Crippen LogP contribution is -2.23. The minimum Gasteiger partial charge on any atom is -0.465 e. The van der Waals surface area contributed by atoms with Crippen LogP contribution in [0.3, 0.4) is 0 Å². The number of rotatable bonds is 7. The van der Waals surface area contributed by atoms with E-state index in [1.165, 1.54) is 4.57 Å². The molecule has 1 amide bonds. The van der Waals surface area contributed by atoms with Crippen LogP contribution < -0.4 is 10.9 Å². The number of aromatic nitrogens is 2. The van der Waals surface area contributed by atoms with Crippen molar-refractivity contribution >= 4 is 51.8 Å². The first-order valence-corrected chi connectivity index (χ1v) is 11.8. The van der Waals surface area contributed by atoms with Crippen molar-refractivity contribution in [3.63, 3.8) is 0 Å². The summed E-state index contributed by atoms with van der Waals surface area (Å²) in [6.45, 7) is 1.99. The minimum atomic E-state index is -0.406. The average molecular weight is 494 g/mol. The van der Waals surface area contributed by atoms with E-state index < -0.39 is 5.97 Å². The van der Waals surface area contributed by atoms with Gasteiger partial charge in [-0.05, 0) is 55.5 Å². The molecule has 7 nitrogen and oxygen atoms in total. The highest BCUT2D eigenvalue weighted by Gasteiger charge is 2.17. The summed E-state index contributed by atoms with van der Waals surface area (Å²) in [4.78, 5) is 42.7. The number of fused-ring (bicyclic) bond motifs is 1. The summed E-state index contributed by atoms with van der Waals surface area (Å²) in [5, 5.41) is 3.96. The zero-order valence-electron chi connectivity index (χ0n) is 18.2. The van der Waals surface area contributed by atoms with Gasteiger partial charge in [0.25, 0.3) is 11.5 Å². The predicted octanol–water partition coefficient (Wildman–Crippen LogP) is 4.95. The summed E-state index contributed by atoms with van der Waals surface area (Å²) in [6, 6.07) is 20.6. The Kier molecular flexibility index (Phi) is 7.30. The number of para-hydroxylation sites is 1. The van der Waals surface area contributed by atoms with Gasteiger partial charge in [-0.25, -0.2) is 4.98 Å². The number of nitrogens with one attached hydrogen (secondary N) is 1. The molecule has 0 fully saturated rings. The molecule has 4 aromatic rings. The molecule has 3 aromatic carbocycles. The molecule has 0 radical (unpaired) electrons. The fourth-order valence-corrected chi connectivity index (χ4v) is 4.30. The van der Waals surface area contributed by atoms with Gasteiger partial charge in [-0.3, -0.25) is 19.0 Å². The number of esters is 1. The van der Waals surface area contributed by atoms with E-state index in [1.54, 1.807) is 61.5 Å². The van der Waals surface area contributed by atoms with Gasteiger partial charge in [-0.1, -0.05) is 47.6 Å². The van der Waals surface area contributed by atoms with Crippen LogP contribution in [0.1, 0.15) is 17.3 Å². The van der Waals surface area contributed by atoms with E-state index in [1.807, 2.05) is 18.2 Å². The molecular weight excluding hydrogens is 474 g/mol. The van der Waals surface area contributed by atoms with Crippen molar-refractivity contribution in [2.45, 2.75) is 12.1 Å². The smallest absolute Gasteiger partial charge is 0.316 e. The Hall–Kier alpha value is -3.62. The van der Waals surface area contributed by atoms with Crippen molar-refractivity contribution in [3.8, 4) is 5.69 Å². The van der Waals surface area contributed by atoms with Gasteiger partial charge in [-0.15, -0.1) is 0 Å². The molecule has 0 aliphatic rings. The Balaban J connectivity index is 1.75. The Bertz CT molecular complexity index is 1420. The summed E-state index contributed by atoms with van der Waals surface area (Å²) in [6.07, 6.45) is 0. The van der Waals surface area contributed by atoms with E-state index in [4.69, 9.17) is 16.3 Å². The van der Waals surface area contributed by atoms with Gasteiger partial charge >= 0.3 is 5.97 Å². The molecule has 34 heavy (non-hydrogen) atoms. The summed E-state index contributed by atoms with van der Waals surface area (Å²) < 4.78 is 6.46. The van der Waals surface area contributed by atoms with E-state index in [0.29, 0.717) is 38.0 Å². The molecule has 1 heterocycles. The molecule has 0 bridgehead atoms. The van der Waals surface area contributed by atoms with Gasteiger partial charge in [-0.2, -0.15) is 0 Å². The van der Waals surface area contributed by atoms with Crippen molar-refractivity contribution in [3.05, 3.63) is 93.7 Å². The number of amides is 1. The highest BCUT2D eigenvalue weighted by atomic mass is 35.5. The van der Waals surface area contributed by atoms with Gasteiger partial charge in [0.15, 0.2) is 5.16 Å². The second kappa shape index (κ2) is 10.5. The van der Waals surface area contributed by atoms with E-state index >= 15 is 0 Å². The number of hydrogen-bond donors (Lipinski definition) is 1. The second-order valence-electron chi connectivity index (χ2n) is 7.16. The average Bonchev–Trinajstić information content (AvgIpc) is 2.83. The van der Waals surface area contributed by atoms with Gasteiger partial charge in [0.05, 0.1) is 29.0 Å². The maximum absolute atomic E-state index is 13.4. The molecule has 172 valence electrons. The molecule has 0 spiro atoms. The number of hydrogen-bond acceptors (Lipinski definition) is 6.